The predicted molar refractivity (Wildman–Crippen MR) is 67.3 cm³/mol. The van der Waals surface area contributed by atoms with Crippen LogP contribution < -0.4 is 4.90 Å². The molecule has 1 atom stereocenters. The van der Waals surface area contributed by atoms with Gasteiger partial charge in [-0.3, -0.25) is 4.79 Å². The molecule has 1 rings (SSSR count). The highest BCUT2D eigenvalue weighted by Gasteiger charge is 2.15. The van der Waals surface area contributed by atoms with Gasteiger partial charge in [0.05, 0.1) is 12.5 Å². The minimum absolute atomic E-state index is 0.220. The van der Waals surface area contributed by atoms with Gasteiger partial charge in [0, 0.05) is 18.8 Å². The molecular weight excluding hydrogens is 218 g/mol. The number of anilines is 1. The Bertz CT molecular complexity index is 379. The van der Waals surface area contributed by atoms with Gasteiger partial charge in [-0.15, -0.1) is 0 Å². The van der Waals surface area contributed by atoms with Gasteiger partial charge >= 0.3 is 5.97 Å². The van der Waals surface area contributed by atoms with E-state index in [0.717, 1.165) is 17.8 Å². The molecule has 0 fully saturated rings. The molecule has 1 aromatic carbocycles. The lowest BCUT2D eigenvalue weighted by molar-refractivity contribution is -0.139. The number of hydrogen-bond acceptors (Lipinski definition) is 3. The van der Waals surface area contributed by atoms with Gasteiger partial charge in [0.1, 0.15) is 0 Å². The van der Waals surface area contributed by atoms with Gasteiger partial charge in [-0.1, -0.05) is 18.2 Å². The molecule has 1 unspecified atom stereocenters. The van der Waals surface area contributed by atoms with E-state index in [1.165, 1.54) is 0 Å². The molecule has 0 aliphatic carbocycles. The Kier molecular flexibility index (Phi) is 4.97. The SMILES string of the molecule is CCN(CC(O)CC(=O)O)c1ccccc1C. The summed E-state index contributed by atoms with van der Waals surface area (Å²) in [5.74, 6) is -0.974. The molecule has 4 nitrogen and oxygen atoms in total. The molecule has 4 heteroatoms. The number of hydrogen-bond donors (Lipinski definition) is 2. The maximum absolute atomic E-state index is 10.5. The molecule has 0 bridgehead atoms. The molecule has 94 valence electrons. The average Bonchev–Trinajstić information content (AvgIpc) is 2.26. The fourth-order valence-corrected chi connectivity index (χ4v) is 1.84. The van der Waals surface area contributed by atoms with E-state index >= 15 is 0 Å². The van der Waals surface area contributed by atoms with Crippen LogP contribution in [0.4, 0.5) is 5.69 Å². The van der Waals surface area contributed by atoms with Crippen molar-refractivity contribution in [2.24, 2.45) is 0 Å². The Hall–Kier alpha value is -1.55. The number of rotatable bonds is 6. The summed E-state index contributed by atoms with van der Waals surface area (Å²) in [5.41, 5.74) is 2.16. The van der Waals surface area contributed by atoms with Crippen molar-refractivity contribution in [3.8, 4) is 0 Å². The number of carboxylic acids is 1. The van der Waals surface area contributed by atoms with Gasteiger partial charge in [0.25, 0.3) is 0 Å². The Morgan fingerprint density at radius 1 is 1.41 bits per heavy atom. The van der Waals surface area contributed by atoms with Gasteiger partial charge in [-0.25, -0.2) is 0 Å². The monoisotopic (exact) mass is 237 g/mol. The van der Waals surface area contributed by atoms with Crippen molar-refractivity contribution in [1.29, 1.82) is 0 Å². The topological polar surface area (TPSA) is 60.8 Å². The summed E-state index contributed by atoms with van der Waals surface area (Å²) in [5, 5.41) is 18.3. The summed E-state index contributed by atoms with van der Waals surface area (Å²) >= 11 is 0. The number of aliphatic carboxylic acids is 1. The summed E-state index contributed by atoms with van der Waals surface area (Å²) in [6.45, 7) is 5.07. The molecular formula is C13H19NO3. The third-order valence-electron chi connectivity index (χ3n) is 2.68. The molecule has 0 amide bonds. The Morgan fingerprint density at radius 2 is 2.06 bits per heavy atom. The summed E-state index contributed by atoms with van der Waals surface area (Å²) < 4.78 is 0. The summed E-state index contributed by atoms with van der Waals surface area (Å²) in [7, 11) is 0. The van der Waals surface area contributed by atoms with E-state index in [-0.39, 0.29) is 6.42 Å². The smallest absolute Gasteiger partial charge is 0.306 e. The van der Waals surface area contributed by atoms with E-state index in [2.05, 4.69) is 0 Å². The quantitative estimate of drug-likeness (QED) is 0.790. The zero-order valence-electron chi connectivity index (χ0n) is 10.3. The number of benzene rings is 1. The number of nitrogens with zero attached hydrogens (tertiary/aromatic N) is 1. The van der Waals surface area contributed by atoms with Crippen LogP contribution in [0.1, 0.15) is 18.9 Å². The van der Waals surface area contributed by atoms with Crippen molar-refractivity contribution >= 4 is 11.7 Å². The number of aliphatic hydroxyl groups is 1. The maximum Gasteiger partial charge on any atom is 0.306 e. The fourth-order valence-electron chi connectivity index (χ4n) is 1.84. The van der Waals surface area contributed by atoms with E-state index < -0.39 is 12.1 Å². The maximum atomic E-state index is 10.5. The van der Waals surface area contributed by atoms with Crippen molar-refractivity contribution < 1.29 is 15.0 Å². The molecule has 0 radical (unpaired) electrons. The largest absolute Gasteiger partial charge is 0.481 e. The molecule has 0 aliphatic heterocycles. The molecule has 2 N–H and O–H groups in total. The molecule has 1 aromatic rings. The van der Waals surface area contributed by atoms with Crippen LogP contribution in [0.2, 0.25) is 0 Å². The highest BCUT2D eigenvalue weighted by Crippen LogP contribution is 2.19. The Morgan fingerprint density at radius 3 is 2.59 bits per heavy atom. The van der Waals surface area contributed by atoms with Crippen LogP contribution in [0, 0.1) is 6.92 Å². The van der Waals surface area contributed by atoms with Crippen molar-refractivity contribution in [2.45, 2.75) is 26.4 Å². The van der Waals surface area contributed by atoms with Crippen LogP contribution in [0.25, 0.3) is 0 Å². The molecule has 0 saturated carbocycles. The van der Waals surface area contributed by atoms with E-state index in [4.69, 9.17) is 5.11 Å². The van der Waals surface area contributed by atoms with Gasteiger partial charge in [0.15, 0.2) is 0 Å². The van der Waals surface area contributed by atoms with Gasteiger partial charge in [-0.2, -0.15) is 0 Å². The highest BCUT2D eigenvalue weighted by molar-refractivity contribution is 5.67. The number of carbonyl (C=O) groups is 1. The van der Waals surface area contributed by atoms with E-state index in [1.807, 2.05) is 43.0 Å². The molecule has 0 aromatic heterocycles. The second-order valence-electron chi connectivity index (χ2n) is 4.08. The van der Waals surface area contributed by atoms with Crippen molar-refractivity contribution in [1.82, 2.24) is 0 Å². The lowest BCUT2D eigenvalue weighted by Gasteiger charge is -2.26. The minimum Gasteiger partial charge on any atom is -0.481 e. The number of aryl methyl sites for hydroxylation is 1. The van der Waals surface area contributed by atoms with Crippen LogP contribution >= 0.6 is 0 Å². The van der Waals surface area contributed by atoms with Crippen LogP contribution in [-0.4, -0.2) is 35.4 Å². The van der Waals surface area contributed by atoms with Gasteiger partial charge in [-0.05, 0) is 25.5 Å². The van der Waals surface area contributed by atoms with E-state index in [9.17, 15) is 9.90 Å². The number of para-hydroxylation sites is 1. The molecule has 17 heavy (non-hydrogen) atoms. The summed E-state index contributed by atoms with van der Waals surface area (Å²) in [4.78, 5) is 12.5. The predicted octanol–water partition coefficient (Wildman–Crippen LogP) is 1.66. The molecule has 0 heterocycles. The molecule has 0 spiro atoms. The van der Waals surface area contributed by atoms with Crippen LogP contribution in [0.5, 0.6) is 0 Å². The molecule has 0 aliphatic rings. The summed E-state index contributed by atoms with van der Waals surface area (Å²) in [6.07, 6.45) is -1.06. The van der Waals surface area contributed by atoms with E-state index in [1.54, 1.807) is 0 Å². The first-order valence-electron chi connectivity index (χ1n) is 5.75. The normalized spacial score (nSPS) is 12.2. The summed E-state index contributed by atoms with van der Waals surface area (Å²) in [6, 6.07) is 7.88. The fraction of sp³-hybridized carbons (Fsp3) is 0.462. The van der Waals surface area contributed by atoms with Crippen LogP contribution in [0.15, 0.2) is 24.3 Å². The average molecular weight is 237 g/mol. The zero-order valence-corrected chi connectivity index (χ0v) is 10.3. The lowest BCUT2D eigenvalue weighted by atomic mass is 10.1. The van der Waals surface area contributed by atoms with Gasteiger partial charge < -0.3 is 15.1 Å². The third-order valence-corrected chi connectivity index (χ3v) is 2.68. The number of carboxylic acid groups (broad SMARTS) is 1. The second kappa shape index (κ2) is 6.25. The first kappa shape index (κ1) is 13.5. The standard InChI is InChI=1S/C13H19NO3/c1-3-14(9-11(15)8-13(16)17)12-7-5-4-6-10(12)2/h4-7,11,15H,3,8-9H2,1-2H3,(H,16,17). The number of aliphatic hydroxyl groups excluding tert-OH is 1. The van der Waals surface area contributed by atoms with Crippen molar-refractivity contribution in [3.05, 3.63) is 29.8 Å². The Balaban J connectivity index is 2.72. The van der Waals surface area contributed by atoms with Crippen LogP contribution in [0.3, 0.4) is 0 Å². The lowest BCUT2D eigenvalue weighted by Crippen LogP contribution is -2.34. The van der Waals surface area contributed by atoms with Crippen LogP contribution in [-0.2, 0) is 4.79 Å². The third kappa shape index (κ3) is 4.07. The first-order chi connectivity index (χ1) is 8.04. The number of likely N-dealkylation sites (N-methyl/N-ethyl adjacent to an activating group) is 1. The van der Waals surface area contributed by atoms with Crippen molar-refractivity contribution in [2.75, 3.05) is 18.0 Å². The van der Waals surface area contributed by atoms with Gasteiger partial charge in [0.2, 0.25) is 0 Å². The highest BCUT2D eigenvalue weighted by atomic mass is 16.4. The first-order valence-corrected chi connectivity index (χ1v) is 5.75. The second-order valence-corrected chi connectivity index (χ2v) is 4.08. The molecule has 0 saturated heterocycles. The zero-order chi connectivity index (χ0) is 12.8. The van der Waals surface area contributed by atoms with E-state index in [0.29, 0.717) is 6.54 Å². The Labute approximate surface area is 101 Å². The minimum atomic E-state index is -0.974. The van der Waals surface area contributed by atoms with Crippen molar-refractivity contribution in [3.63, 3.8) is 0 Å².